The van der Waals surface area contributed by atoms with Gasteiger partial charge in [0, 0.05) is 12.4 Å². The molecule has 0 N–H and O–H groups in total. The fraction of sp³-hybridized carbons (Fsp3) is 0.200. The predicted octanol–water partition coefficient (Wildman–Crippen LogP) is 0.979. The van der Waals surface area contributed by atoms with Crippen molar-refractivity contribution in [1.29, 1.82) is 0 Å². The van der Waals surface area contributed by atoms with E-state index in [0.29, 0.717) is 6.42 Å². The number of fused-ring (bicyclic) bond motifs is 1. The number of nitrogens with zero attached hydrogens (tertiary/aromatic N) is 1. The van der Waals surface area contributed by atoms with E-state index in [4.69, 9.17) is 0 Å². The number of hydrogen-bond acceptors (Lipinski definition) is 4. The summed E-state index contributed by atoms with van der Waals surface area (Å²) in [7, 11) is 0. The summed E-state index contributed by atoms with van der Waals surface area (Å²) in [5, 5.41) is 11.1. The zero-order chi connectivity index (χ0) is 9.97. The van der Waals surface area contributed by atoms with E-state index < -0.39 is 5.97 Å². The molecule has 0 saturated heterocycles. The first-order valence-corrected chi connectivity index (χ1v) is 5.11. The van der Waals surface area contributed by atoms with E-state index in [1.54, 1.807) is 0 Å². The van der Waals surface area contributed by atoms with Gasteiger partial charge in [0.2, 0.25) is 0 Å². The van der Waals surface area contributed by atoms with Gasteiger partial charge in [-0.05, 0) is 18.6 Å². The van der Waals surface area contributed by atoms with Crippen LogP contribution in [-0.2, 0) is 11.2 Å². The number of carbonyl (C=O) groups excluding carboxylic acids is 1. The maximum absolute atomic E-state index is 10.3. The maximum atomic E-state index is 10.3. The number of hydrogen-bond donors (Lipinski definition) is 0. The van der Waals surface area contributed by atoms with Crippen LogP contribution in [-0.4, -0.2) is 11.0 Å². The molecule has 0 spiro atoms. The van der Waals surface area contributed by atoms with E-state index in [1.165, 1.54) is 11.3 Å². The molecule has 0 aliphatic heterocycles. The molecule has 4 heteroatoms. The van der Waals surface area contributed by atoms with Crippen LogP contribution in [0.1, 0.15) is 11.4 Å². The molecule has 0 aliphatic rings. The van der Waals surface area contributed by atoms with Crippen molar-refractivity contribution < 1.29 is 9.90 Å². The molecule has 14 heavy (non-hydrogen) atoms. The molecule has 1 aromatic carbocycles. The van der Waals surface area contributed by atoms with Gasteiger partial charge in [-0.1, -0.05) is 12.1 Å². The highest BCUT2D eigenvalue weighted by molar-refractivity contribution is 7.18. The molecule has 3 nitrogen and oxygen atoms in total. The van der Waals surface area contributed by atoms with Crippen molar-refractivity contribution in [3.63, 3.8) is 0 Å². The van der Waals surface area contributed by atoms with Gasteiger partial charge in [-0.2, -0.15) is 0 Å². The van der Waals surface area contributed by atoms with Crippen molar-refractivity contribution in [2.45, 2.75) is 12.8 Å². The van der Waals surface area contributed by atoms with Gasteiger partial charge < -0.3 is 9.90 Å². The minimum Gasteiger partial charge on any atom is -0.550 e. The minimum absolute atomic E-state index is 0.0415. The Balaban J connectivity index is 2.22. The van der Waals surface area contributed by atoms with Crippen molar-refractivity contribution in [3.05, 3.63) is 29.3 Å². The fourth-order valence-electron chi connectivity index (χ4n) is 1.24. The third-order valence-electron chi connectivity index (χ3n) is 1.88. The monoisotopic (exact) mass is 206 g/mol. The first-order valence-electron chi connectivity index (χ1n) is 4.30. The molecule has 2 aromatic rings. The zero-order valence-corrected chi connectivity index (χ0v) is 8.21. The number of aliphatic carboxylic acids is 1. The van der Waals surface area contributed by atoms with Crippen LogP contribution in [0.4, 0.5) is 0 Å². The third-order valence-corrected chi connectivity index (χ3v) is 2.98. The standard InChI is InChI=1S/C10H9NO2S/c12-10(13)6-5-9-11-7-3-1-2-4-8(7)14-9/h1-4H,5-6H2,(H,12,13)/p-1. The van der Waals surface area contributed by atoms with E-state index in [0.717, 1.165) is 15.2 Å². The molecule has 2 rings (SSSR count). The lowest BCUT2D eigenvalue weighted by Crippen LogP contribution is -2.22. The second kappa shape index (κ2) is 3.75. The number of carboxylic acids is 1. The molecule has 0 atom stereocenters. The van der Waals surface area contributed by atoms with E-state index in [9.17, 15) is 9.90 Å². The second-order valence-corrected chi connectivity index (χ2v) is 4.06. The molecule has 0 aliphatic carbocycles. The SMILES string of the molecule is O=C([O-])CCc1nc2ccccc2s1. The number of rotatable bonds is 3. The van der Waals surface area contributed by atoms with Gasteiger partial charge in [0.1, 0.15) is 0 Å². The summed E-state index contributed by atoms with van der Waals surface area (Å²) < 4.78 is 1.10. The summed E-state index contributed by atoms with van der Waals surface area (Å²) in [6.07, 6.45) is 0.501. The third kappa shape index (κ3) is 1.90. The number of para-hydroxylation sites is 1. The van der Waals surface area contributed by atoms with Crippen molar-refractivity contribution in [3.8, 4) is 0 Å². The molecule has 72 valence electrons. The Hall–Kier alpha value is -1.42. The van der Waals surface area contributed by atoms with Gasteiger partial charge in [0.05, 0.1) is 15.2 Å². The topological polar surface area (TPSA) is 53.0 Å². The molecule has 0 fully saturated rings. The first-order chi connectivity index (χ1) is 6.75. The molecule has 0 saturated carbocycles. The van der Waals surface area contributed by atoms with Crippen LogP contribution in [0.25, 0.3) is 10.2 Å². The first kappa shape index (κ1) is 9.15. The van der Waals surface area contributed by atoms with Crippen LogP contribution >= 0.6 is 11.3 Å². The van der Waals surface area contributed by atoms with E-state index in [1.807, 2.05) is 24.3 Å². The van der Waals surface area contributed by atoms with Gasteiger partial charge in [-0.15, -0.1) is 11.3 Å². The summed E-state index contributed by atoms with van der Waals surface area (Å²) >= 11 is 1.54. The van der Waals surface area contributed by atoms with Crippen LogP contribution in [0.3, 0.4) is 0 Å². The van der Waals surface area contributed by atoms with Crippen LogP contribution in [0.5, 0.6) is 0 Å². The molecule has 0 unspecified atom stereocenters. The highest BCUT2D eigenvalue weighted by atomic mass is 32.1. The molecular formula is C10H8NO2S-. The zero-order valence-electron chi connectivity index (χ0n) is 7.40. The molecule has 0 bridgehead atoms. The van der Waals surface area contributed by atoms with Crippen molar-refractivity contribution >= 4 is 27.5 Å². The average molecular weight is 206 g/mol. The normalized spacial score (nSPS) is 10.6. The fourth-order valence-corrected chi connectivity index (χ4v) is 2.20. The summed E-state index contributed by atoms with van der Waals surface area (Å²) in [6.45, 7) is 0. The van der Waals surface area contributed by atoms with Gasteiger partial charge >= 0.3 is 0 Å². The molecule has 0 radical (unpaired) electrons. The second-order valence-electron chi connectivity index (χ2n) is 2.95. The van der Waals surface area contributed by atoms with Gasteiger partial charge in [-0.3, -0.25) is 0 Å². The Morgan fingerprint density at radius 2 is 2.21 bits per heavy atom. The summed E-state index contributed by atoms with van der Waals surface area (Å²) in [5.74, 6) is -1.02. The molecular weight excluding hydrogens is 198 g/mol. The molecule has 1 aromatic heterocycles. The average Bonchev–Trinajstić information content (AvgIpc) is 2.57. The van der Waals surface area contributed by atoms with Crippen LogP contribution in [0.15, 0.2) is 24.3 Å². The Morgan fingerprint density at radius 3 is 2.93 bits per heavy atom. The van der Waals surface area contributed by atoms with Crippen molar-refractivity contribution in [1.82, 2.24) is 4.98 Å². The number of aryl methyl sites for hydroxylation is 1. The summed E-state index contributed by atoms with van der Waals surface area (Å²) in [4.78, 5) is 14.6. The van der Waals surface area contributed by atoms with E-state index >= 15 is 0 Å². The lowest BCUT2D eigenvalue weighted by molar-refractivity contribution is -0.305. The Morgan fingerprint density at radius 1 is 1.43 bits per heavy atom. The molecule has 0 amide bonds. The predicted molar refractivity (Wildman–Crippen MR) is 52.9 cm³/mol. The number of carbonyl (C=O) groups is 1. The number of thiazole rings is 1. The Bertz CT molecular complexity index is 431. The van der Waals surface area contributed by atoms with Crippen molar-refractivity contribution in [2.24, 2.45) is 0 Å². The smallest absolute Gasteiger partial charge is 0.0942 e. The maximum Gasteiger partial charge on any atom is 0.0942 e. The highest BCUT2D eigenvalue weighted by Gasteiger charge is 2.02. The van der Waals surface area contributed by atoms with Crippen molar-refractivity contribution in [2.75, 3.05) is 0 Å². The quantitative estimate of drug-likeness (QED) is 0.752. The van der Waals surface area contributed by atoms with Gasteiger partial charge in [0.25, 0.3) is 0 Å². The largest absolute Gasteiger partial charge is 0.550 e. The Kier molecular flexibility index (Phi) is 2.45. The summed E-state index contributed by atoms with van der Waals surface area (Å²) in [6, 6.07) is 7.78. The van der Waals surface area contributed by atoms with Gasteiger partial charge in [0.15, 0.2) is 0 Å². The number of benzene rings is 1. The van der Waals surface area contributed by atoms with Crippen LogP contribution in [0.2, 0.25) is 0 Å². The van der Waals surface area contributed by atoms with E-state index in [-0.39, 0.29) is 6.42 Å². The van der Waals surface area contributed by atoms with Gasteiger partial charge in [-0.25, -0.2) is 4.98 Å². The Labute approximate surface area is 85.0 Å². The highest BCUT2D eigenvalue weighted by Crippen LogP contribution is 2.22. The number of carboxylic acid groups (broad SMARTS) is 1. The molecule has 1 heterocycles. The lowest BCUT2D eigenvalue weighted by Gasteiger charge is -1.96. The minimum atomic E-state index is -1.02. The van der Waals surface area contributed by atoms with Crippen LogP contribution < -0.4 is 5.11 Å². The lowest BCUT2D eigenvalue weighted by atomic mass is 10.3. The van der Waals surface area contributed by atoms with Crippen LogP contribution in [0, 0.1) is 0 Å². The van der Waals surface area contributed by atoms with E-state index in [2.05, 4.69) is 4.98 Å². The summed E-state index contributed by atoms with van der Waals surface area (Å²) in [5.41, 5.74) is 0.936. The number of aromatic nitrogens is 1.